The van der Waals surface area contributed by atoms with E-state index < -0.39 is 59.0 Å². The Morgan fingerprint density at radius 2 is 1.39 bits per heavy atom. The first kappa shape index (κ1) is 29.0. The maximum atomic E-state index is 12.6. The van der Waals surface area contributed by atoms with Gasteiger partial charge in [-0.25, -0.2) is 9.59 Å². The van der Waals surface area contributed by atoms with Crippen molar-refractivity contribution >= 4 is 57.6 Å². The first-order chi connectivity index (χ1) is 12.3. The molecule has 0 aromatic rings. The minimum absolute atomic E-state index is 0. The molecule has 0 aromatic heterocycles. The number of esters is 3. The fourth-order valence-corrected chi connectivity index (χ4v) is 2.22. The van der Waals surface area contributed by atoms with E-state index in [1.807, 2.05) is 0 Å². The monoisotopic (exact) mass is 430 g/mol. The van der Waals surface area contributed by atoms with Crippen LogP contribution >= 0.6 is 0 Å². The standard InChI is InChI=1S/C17H26O9S.Na.H/c1-6-7-17(10-25-14(18)12(2)3,11-26-15(19)13(4)5)16(20)24-8-9-27(21,22)23;;/h2,4,6-11H2,1,3,5H3,(H,21,22,23);;. The van der Waals surface area contributed by atoms with Crippen LogP contribution in [0.1, 0.15) is 33.6 Å². The molecule has 156 valence electrons. The predicted octanol–water partition coefficient (Wildman–Crippen LogP) is 0.794. The molecule has 28 heavy (non-hydrogen) atoms. The van der Waals surface area contributed by atoms with Crippen molar-refractivity contribution in [3.63, 3.8) is 0 Å². The third-order valence-electron chi connectivity index (χ3n) is 3.39. The zero-order valence-corrected chi connectivity index (χ0v) is 16.6. The topological polar surface area (TPSA) is 133 Å². The molecule has 9 nitrogen and oxygen atoms in total. The van der Waals surface area contributed by atoms with Crippen molar-refractivity contribution < 1.29 is 41.6 Å². The van der Waals surface area contributed by atoms with Gasteiger partial charge in [-0.3, -0.25) is 9.35 Å². The van der Waals surface area contributed by atoms with Crippen LogP contribution in [0.15, 0.2) is 24.3 Å². The van der Waals surface area contributed by atoms with Crippen LogP contribution in [-0.2, 0) is 38.7 Å². The zero-order valence-electron chi connectivity index (χ0n) is 15.8. The van der Waals surface area contributed by atoms with Crippen LogP contribution in [0.3, 0.4) is 0 Å². The summed E-state index contributed by atoms with van der Waals surface area (Å²) in [6.07, 6.45) is 0.577. The molecule has 0 heterocycles. The van der Waals surface area contributed by atoms with Crippen molar-refractivity contribution in [2.24, 2.45) is 5.41 Å². The van der Waals surface area contributed by atoms with Crippen LogP contribution in [-0.4, -0.2) is 86.0 Å². The molecule has 0 saturated carbocycles. The Hall–Kier alpha value is -1.20. The molecule has 0 atom stereocenters. The second kappa shape index (κ2) is 13.1. The van der Waals surface area contributed by atoms with Gasteiger partial charge in [0.15, 0.2) is 0 Å². The average Bonchev–Trinajstić information content (AvgIpc) is 2.55. The second-order valence-electron chi connectivity index (χ2n) is 6.17. The average molecular weight is 430 g/mol. The van der Waals surface area contributed by atoms with Crippen molar-refractivity contribution in [2.45, 2.75) is 33.6 Å². The summed E-state index contributed by atoms with van der Waals surface area (Å²) >= 11 is 0. The van der Waals surface area contributed by atoms with Gasteiger partial charge >= 0.3 is 47.5 Å². The van der Waals surface area contributed by atoms with Gasteiger partial charge in [-0.2, -0.15) is 8.42 Å². The minimum atomic E-state index is -4.32. The molecule has 0 radical (unpaired) electrons. The number of hydrogen-bond acceptors (Lipinski definition) is 8. The van der Waals surface area contributed by atoms with Gasteiger partial charge in [0.2, 0.25) is 0 Å². The number of ether oxygens (including phenoxy) is 3. The second-order valence-corrected chi connectivity index (χ2v) is 7.74. The van der Waals surface area contributed by atoms with Gasteiger partial charge in [-0.15, -0.1) is 0 Å². The maximum absolute atomic E-state index is 12.6. The van der Waals surface area contributed by atoms with E-state index in [1.54, 1.807) is 6.92 Å². The van der Waals surface area contributed by atoms with E-state index in [0.29, 0.717) is 6.42 Å². The molecule has 11 heteroatoms. The van der Waals surface area contributed by atoms with Gasteiger partial charge in [0.05, 0.1) is 0 Å². The van der Waals surface area contributed by atoms with Crippen LogP contribution in [0, 0.1) is 5.41 Å². The van der Waals surface area contributed by atoms with Gasteiger partial charge in [-0.05, 0) is 20.3 Å². The van der Waals surface area contributed by atoms with Gasteiger partial charge in [-0.1, -0.05) is 26.5 Å². The molecule has 0 aromatic carbocycles. The van der Waals surface area contributed by atoms with Crippen LogP contribution < -0.4 is 0 Å². The van der Waals surface area contributed by atoms with E-state index >= 15 is 0 Å². The summed E-state index contributed by atoms with van der Waals surface area (Å²) in [5, 5.41) is 0. The fourth-order valence-electron chi connectivity index (χ4n) is 1.93. The van der Waals surface area contributed by atoms with Crippen LogP contribution in [0.5, 0.6) is 0 Å². The Kier molecular flexibility index (Phi) is 13.6. The number of hydrogen-bond donors (Lipinski definition) is 1. The molecule has 0 fully saturated rings. The van der Waals surface area contributed by atoms with Gasteiger partial charge in [0, 0.05) is 11.1 Å². The van der Waals surface area contributed by atoms with Gasteiger partial charge in [0.25, 0.3) is 10.1 Å². The SMILES string of the molecule is C=C(C)C(=O)OCC(CCC)(COC(=O)C(=C)C)C(=O)OCCS(=O)(=O)O.[NaH]. The van der Waals surface area contributed by atoms with E-state index in [0.717, 1.165) is 0 Å². The molecule has 0 saturated heterocycles. The van der Waals surface area contributed by atoms with Gasteiger partial charge in [0.1, 0.15) is 31.0 Å². The van der Waals surface area contributed by atoms with Crippen LogP contribution in [0.25, 0.3) is 0 Å². The van der Waals surface area contributed by atoms with Crippen molar-refractivity contribution in [1.29, 1.82) is 0 Å². The number of rotatable bonds is 12. The summed E-state index contributed by atoms with van der Waals surface area (Å²) in [7, 11) is -4.32. The van der Waals surface area contributed by atoms with E-state index in [1.165, 1.54) is 13.8 Å². The Labute approximate surface area is 187 Å². The molecule has 0 aliphatic heterocycles. The Morgan fingerprint density at radius 3 is 1.71 bits per heavy atom. The first-order valence-corrected chi connectivity index (χ1v) is 9.73. The van der Waals surface area contributed by atoms with E-state index in [-0.39, 0.29) is 47.1 Å². The van der Waals surface area contributed by atoms with Crippen LogP contribution in [0.4, 0.5) is 0 Å². The van der Waals surface area contributed by atoms with E-state index in [4.69, 9.17) is 18.8 Å². The molecular formula is C17H27NaO9S. The van der Waals surface area contributed by atoms with Crippen LogP contribution in [0.2, 0.25) is 0 Å². The summed E-state index contributed by atoms with van der Waals surface area (Å²) in [6, 6.07) is 0. The third-order valence-corrected chi connectivity index (χ3v) is 4.07. The zero-order chi connectivity index (χ0) is 21.3. The number of carbonyl (C=O) groups excluding carboxylic acids is 3. The summed E-state index contributed by atoms with van der Waals surface area (Å²) in [6.45, 7) is 9.96. The molecule has 0 aliphatic rings. The van der Waals surface area contributed by atoms with E-state index in [2.05, 4.69) is 13.2 Å². The van der Waals surface area contributed by atoms with E-state index in [9.17, 15) is 22.8 Å². The van der Waals surface area contributed by atoms with Crippen molar-refractivity contribution in [3.8, 4) is 0 Å². The molecule has 0 unspecified atom stereocenters. The summed E-state index contributed by atoms with van der Waals surface area (Å²) in [5.41, 5.74) is -1.32. The Morgan fingerprint density at radius 1 is 0.964 bits per heavy atom. The molecule has 0 rings (SSSR count). The van der Waals surface area contributed by atoms with Crippen molar-refractivity contribution in [3.05, 3.63) is 24.3 Å². The van der Waals surface area contributed by atoms with Crippen molar-refractivity contribution in [1.82, 2.24) is 0 Å². The Bertz CT molecular complexity index is 667. The fraction of sp³-hybridized carbons (Fsp3) is 0.588. The molecule has 0 spiro atoms. The summed E-state index contributed by atoms with van der Waals surface area (Å²) in [5.74, 6) is -3.20. The van der Waals surface area contributed by atoms with Crippen molar-refractivity contribution in [2.75, 3.05) is 25.6 Å². The molecule has 0 amide bonds. The normalized spacial score (nSPS) is 11.0. The molecule has 0 aliphatic carbocycles. The number of carbonyl (C=O) groups is 3. The summed E-state index contributed by atoms with van der Waals surface area (Å²) in [4.78, 5) is 36.0. The Balaban J connectivity index is 0. The molecule has 1 N–H and O–H groups in total. The molecular weight excluding hydrogens is 403 g/mol. The summed E-state index contributed by atoms with van der Waals surface area (Å²) < 4.78 is 45.3. The van der Waals surface area contributed by atoms with Gasteiger partial charge < -0.3 is 14.2 Å². The first-order valence-electron chi connectivity index (χ1n) is 8.12. The third kappa shape index (κ3) is 11.0. The quantitative estimate of drug-likeness (QED) is 0.157. The molecule has 0 bridgehead atoms. The predicted molar refractivity (Wildman–Crippen MR) is 103 cm³/mol.